The van der Waals surface area contributed by atoms with Crippen LogP contribution in [0.5, 0.6) is 5.75 Å². The molecule has 1 aliphatic rings. The fourth-order valence-corrected chi connectivity index (χ4v) is 4.17. The Kier molecular flexibility index (Phi) is 7.40. The van der Waals surface area contributed by atoms with Gasteiger partial charge in [0.25, 0.3) is 5.92 Å². The van der Waals surface area contributed by atoms with Gasteiger partial charge in [0.15, 0.2) is 11.6 Å². The van der Waals surface area contributed by atoms with E-state index in [1.54, 1.807) is 31.2 Å². The van der Waals surface area contributed by atoms with Crippen LogP contribution in [0.25, 0.3) is 0 Å². The number of nitrogens with zero attached hydrogens (tertiary/aromatic N) is 3. The molecule has 0 bridgehead atoms. The molecule has 1 aromatic carbocycles. The summed E-state index contributed by atoms with van der Waals surface area (Å²) in [6.45, 7) is 0.747. The maximum Gasteiger partial charge on any atom is 0.268 e. The molecule has 1 amide bonds. The van der Waals surface area contributed by atoms with Crippen molar-refractivity contribution in [2.75, 3.05) is 13.7 Å². The van der Waals surface area contributed by atoms with Crippen molar-refractivity contribution in [2.45, 2.75) is 50.5 Å². The van der Waals surface area contributed by atoms with Gasteiger partial charge in [-0.1, -0.05) is 6.92 Å². The third-order valence-electron chi connectivity index (χ3n) is 6.08. The zero-order chi connectivity index (χ0) is 24.9. The monoisotopic (exact) mass is 469 g/mol. The molecule has 3 rings (SSSR count). The Bertz CT molecular complexity index is 1130. The first-order chi connectivity index (χ1) is 16.1. The van der Waals surface area contributed by atoms with Crippen molar-refractivity contribution < 1.29 is 27.9 Å². The number of ether oxygens (including phenoxy) is 1. The lowest BCUT2D eigenvalue weighted by Crippen LogP contribution is -2.46. The summed E-state index contributed by atoms with van der Waals surface area (Å²) in [6, 6.07) is 9.91. The van der Waals surface area contributed by atoms with Crippen LogP contribution in [0.3, 0.4) is 0 Å². The average Bonchev–Trinajstić information content (AvgIpc) is 3.13. The van der Waals surface area contributed by atoms with Crippen LogP contribution in [0.4, 0.5) is 8.78 Å². The molecule has 7 nitrogen and oxygen atoms in total. The zero-order valence-electron chi connectivity index (χ0n) is 19.0. The third-order valence-corrected chi connectivity index (χ3v) is 6.08. The number of methoxy groups -OCH3 is 1. The standard InChI is InChI=1S/C25H25F2N3O4/c1-3-24(15-28)14-25(26,27)16-30(24)23(33)9-8-21(31)20-10-11-29-13-18(20)12-22(32)17-4-6-19(34-2)7-5-17/h4-7,10-11,13H,3,8-9,12,14,16H2,1-2H3/t24-/m0/s1. The number of amides is 1. The lowest BCUT2D eigenvalue weighted by atomic mass is 9.93. The van der Waals surface area contributed by atoms with Crippen molar-refractivity contribution in [1.82, 2.24) is 9.88 Å². The van der Waals surface area contributed by atoms with Crippen LogP contribution in [0.2, 0.25) is 0 Å². The number of carbonyl (C=O) groups excluding carboxylic acids is 3. The molecule has 0 unspecified atom stereocenters. The van der Waals surface area contributed by atoms with E-state index in [-0.39, 0.29) is 37.0 Å². The first-order valence-electron chi connectivity index (χ1n) is 10.9. The number of aromatic nitrogens is 1. The van der Waals surface area contributed by atoms with E-state index in [9.17, 15) is 28.4 Å². The predicted molar refractivity (Wildman–Crippen MR) is 119 cm³/mol. The summed E-state index contributed by atoms with van der Waals surface area (Å²) in [4.78, 5) is 43.2. The van der Waals surface area contributed by atoms with Crippen LogP contribution in [-0.4, -0.2) is 52.5 Å². The topological polar surface area (TPSA) is 100 Å². The smallest absolute Gasteiger partial charge is 0.268 e. The SMILES string of the molecule is CC[C@@]1(C#N)CC(F)(F)CN1C(=O)CCC(=O)c1ccncc1CC(=O)c1ccc(OC)cc1. The first kappa shape index (κ1) is 25.0. The molecule has 9 heteroatoms. The number of rotatable bonds is 9. The normalized spacial score (nSPS) is 18.9. The Hall–Kier alpha value is -3.67. The molecule has 0 spiro atoms. The van der Waals surface area contributed by atoms with Crippen LogP contribution in [-0.2, 0) is 11.2 Å². The van der Waals surface area contributed by atoms with Gasteiger partial charge < -0.3 is 9.64 Å². The van der Waals surface area contributed by atoms with Crippen molar-refractivity contribution in [3.63, 3.8) is 0 Å². The van der Waals surface area contributed by atoms with E-state index in [0.717, 1.165) is 4.90 Å². The van der Waals surface area contributed by atoms with Crippen molar-refractivity contribution in [3.8, 4) is 11.8 Å². The summed E-state index contributed by atoms with van der Waals surface area (Å²) in [5.74, 6) is -3.83. The molecular formula is C25H25F2N3O4. The van der Waals surface area contributed by atoms with Gasteiger partial charge in [0.1, 0.15) is 11.3 Å². The van der Waals surface area contributed by atoms with Crippen LogP contribution < -0.4 is 4.74 Å². The minimum absolute atomic E-state index is 0.0685. The number of halogens is 2. The largest absolute Gasteiger partial charge is 0.497 e. The van der Waals surface area contributed by atoms with E-state index >= 15 is 0 Å². The van der Waals surface area contributed by atoms with Gasteiger partial charge in [-0.05, 0) is 42.3 Å². The van der Waals surface area contributed by atoms with E-state index in [1.807, 2.05) is 6.07 Å². The number of carbonyl (C=O) groups is 3. The second kappa shape index (κ2) is 10.1. The van der Waals surface area contributed by atoms with Crippen LogP contribution in [0.1, 0.15) is 58.9 Å². The fourth-order valence-electron chi connectivity index (χ4n) is 4.17. The molecular weight excluding hydrogens is 444 g/mol. The Labute approximate surface area is 196 Å². The number of ketones is 2. The molecule has 1 aromatic heterocycles. The van der Waals surface area contributed by atoms with Gasteiger partial charge >= 0.3 is 0 Å². The quantitative estimate of drug-likeness (QED) is 0.514. The molecule has 178 valence electrons. The first-order valence-corrected chi connectivity index (χ1v) is 10.9. The number of Topliss-reactive ketones (excluding diaryl/α,β-unsaturated/α-hetero) is 2. The summed E-state index contributed by atoms with van der Waals surface area (Å²) >= 11 is 0. The number of likely N-dealkylation sites (tertiary alicyclic amines) is 1. The minimum Gasteiger partial charge on any atom is -0.497 e. The molecule has 0 radical (unpaired) electrons. The molecule has 2 aromatic rings. The van der Waals surface area contributed by atoms with Crippen molar-refractivity contribution in [3.05, 3.63) is 59.4 Å². The van der Waals surface area contributed by atoms with Gasteiger partial charge in [-0.2, -0.15) is 5.26 Å². The van der Waals surface area contributed by atoms with Crippen LogP contribution >= 0.6 is 0 Å². The number of hydrogen-bond donors (Lipinski definition) is 0. The average molecular weight is 469 g/mol. The van der Waals surface area contributed by atoms with Crippen LogP contribution in [0.15, 0.2) is 42.7 Å². The van der Waals surface area contributed by atoms with Gasteiger partial charge in [0.05, 0.1) is 19.7 Å². The lowest BCUT2D eigenvalue weighted by Gasteiger charge is -2.30. The molecule has 2 heterocycles. The summed E-state index contributed by atoms with van der Waals surface area (Å²) in [6.07, 6.45) is 1.58. The van der Waals surface area contributed by atoms with Gasteiger partial charge in [-0.15, -0.1) is 0 Å². The third kappa shape index (κ3) is 5.28. The summed E-state index contributed by atoms with van der Waals surface area (Å²) in [5, 5.41) is 9.48. The predicted octanol–water partition coefficient (Wildman–Crippen LogP) is 4.02. The van der Waals surface area contributed by atoms with Gasteiger partial charge in [-0.3, -0.25) is 19.4 Å². The maximum absolute atomic E-state index is 14.0. The summed E-state index contributed by atoms with van der Waals surface area (Å²) in [7, 11) is 1.52. The second-order valence-corrected chi connectivity index (χ2v) is 8.29. The highest BCUT2D eigenvalue weighted by Crippen LogP contribution is 2.41. The fraction of sp³-hybridized carbons (Fsp3) is 0.400. The molecule has 1 atom stereocenters. The number of alkyl halides is 2. The summed E-state index contributed by atoms with van der Waals surface area (Å²) in [5.41, 5.74) is -0.469. The Morgan fingerprint density at radius 2 is 1.85 bits per heavy atom. The summed E-state index contributed by atoms with van der Waals surface area (Å²) < 4.78 is 33.1. The highest BCUT2D eigenvalue weighted by atomic mass is 19.3. The zero-order valence-corrected chi connectivity index (χ0v) is 19.0. The lowest BCUT2D eigenvalue weighted by molar-refractivity contribution is -0.134. The van der Waals surface area contributed by atoms with Crippen molar-refractivity contribution >= 4 is 17.5 Å². The molecule has 1 aliphatic heterocycles. The number of nitriles is 1. The van der Waals surface area contributed by atoms with E-state index < -0.39 is 36.1 Å². The maximum atomic E-state index is 14.0. The number of pyridine rings is 1. The van der Waals surface area contributed by atoms with Crippen LogP contribution in [0, 0.1) is 11.3 Å². The Balaban J connectivity index is 1.69. The molecule has 0 aliphatic carbocycles. The minimum atomic E-state index is -3.15. The molecule has 1 saturated heterocycles. The van der Waals surface area contributed by atoms with Gasteiger partial charge in [0.2, 0.25) is 5.91 Å². The molecule has 0 saturated carbocycles. The number of benzene rings is 1. The Morgan fingerprint density at radius 1 is 1.15 bits per heavy atom. The van der Waals surface area contributed by atoms with Gasteiger partial charge in [-0.25, -0.2) is 8.78 Å². The van der Waals surface area contributed by atoms with E-state index in [0.29, 0.717) is 16.9 Å². The van der Waals surface area contributed by atoms with Gasteiger partial charge in [0, 0.05) is 49.2 Å². The van der Waals surface area contributed by atoms with E-state index in [1.165, 1.54) is 25.6 Å². The highest BCUT2D eigenvalue weighted by molar-refractivity contribution is 6.02. The van der Waals surface area contributed by atoms with Crippen molar-refractivity contribution in [2.24, 2.45) is 0 Å². The van der Waals surface area contributed by atoms with Crippen molar-refractivity contribution in [1.29, 1.82) is 5.26 Å². The second-order valence-electron chi connectivity index (χ2n) is 8.29. The molecule has 1 fully saturated rings. The molecule has 34 heavy (non-hydrogen) atoms. The molecule has 0 N–H and O–H groups in total. The highest BCUT2D eigenvalue weighted by Gasteiger charge is 2.56. The van der Waals surface area contributed by atoms with E-state index in [4.69, 9.17) is 4.74 Å². The number of hydrogen-bond acceptors (Lipinski definition) is 6. The Morgan fingerprint density at radius 3 is 2.47 bits per heavy atom. The van der Waals surface area contributed by atoms with E-state index in [2.05, 4.69) is 4.98 Å².